The van der Waals surface area contributed by atoms with Crippen LogP contribution in [0.15, 0.2) is 77.7 Å². The van der Waals surface area contributed by atoms with Gasteiger partial charge in [0.2, 0.25) is 11.8 Å². The third kappa shape index (κ3) is 8.47. The molecule has 0 saturated heterocycles. The van der Waals surface area contributed by atoms with Gasteiger partial charge in [-0.15, -0.1) is 0 Å². The van der Waals surface area contributed by atoms with Crippen molar-refractivity contribution in [1.29, 1.82) is 0 Å². The molecule has 3 aromatic carbocycles. The molecule has 0 bridgehead atoms. The van der Waals surface area contributed by atoms with Gasteiger partial charge in [-0.25, -0.2) is 8.42 Å². The number of benzene rings is 3. The van der Waals surface area contributed by atoms with E-state index in [9.17, 15) is 18.0 Å². The highest BCUT2D eigenvalue weighted by Crippen LogP contribution is 2.27. The van der Waals surface area contributed by atoms with Crippen molar-refractivity contribution in [3.8, 4) is 5.75 Å². The number of carbonyl (C=O) groups excluding carboxylic acids is 2. The molecular weight excluding hydrogens is 562 g/mol. The molecule has 0 radical (unpaired) electrons. The van der Waals surface area contributed by atoms with E-state index in [4.69, 9.17) is 16.3 Å². The second kappa shape index (κ2) is 14.4. The second-order valence-corrected chi connectivity index (χ2v) is 12.3. The number of carbonyl (C=O) groups is 2. The first-order valence-electron chi connectivity index (χ1n) is 13.6. The van der Waals surface area contributed by atoms with Crippen molar-refractivity contribution in [3.63, 3.8) is 0 Å². The molecule has 1 unspecified atom stereocenters. The van der Waals surface area contributed by atoms with Crippen molar-refractivity contribution >= 4 is 39.1 Å². The number of hydrogen-bond acceptors (Lipinski definition) is 5. The summed E-state index contributed by atoms with van der Waals surface area (Å²) in [6.45, 7) is 9.41. The van der Waals surface area contributed by atoms with Crippen LogP contribution in [-0.2, 0) is 26.2 Å². The Bertz CT molecular complexity index is 1430. The zero-order chi connectivity index (χ0) is 30.2. The lowest BCUT2D eigenvalue weighted by atomic mass is 10.1. The van der Waals surface area contributed by atoms with Gasteiger partial charge in [0, 0.05) is 17.6 Å². The van der Waals surface area contributed by atoms with Crippen LogP contribution in [0.5, 0.6) is 5.75 Å². The van der Waals surface area contributed by atoms with Gasteiger partial charge < -0.3 is 15.0 Å². The standard InChI is InChI=1S/C31H38ClN3O5S/c1-6-29(31(37)33-22(3)4)34(20-24-10-8-9-23(5)19-24)30(36)21-35(26-13-15-27(16-14-26)40-7-2)41(38,39)28-17-11-25(32)12-18-28/h8-19,22,29H,6-7,20-21H2,1-5H3,(H,33,37). The highest BCUT2D eigenvalue weighted by atomic mass is 35.5. The van der Waals surface area contributed by atoms with Crippen LogP contribution in [0.4, 0.5) is 5.69 Å². The Labute approximate surface area is 248 Å². The monoisotopic (exact) mass is 599 g/mol. The minimum absolute atomic E-state index is 0.0154. The maximum absolute atomic E-state index is 14.1. The molecule has 0 spiro atoms. The van der Waals surface area contributed by atoms with E-state index >= 15 is 0 Å². The maximum Gasteiger partial charge on any atom is 0.264 e. The average Bonchev–Trinajstić information content (AvgIpc) is 2.92. The Hall–Kier alpha value is -3.56. The molecule has 1 N–H and O–H groups in total. The molecule has 41 heavy (non-hydrogen) atoms. The van der Waals surface area contributed by atoms with Gasteiger partial charge in [-0.2, -0.15) is 0 Å². The number of anilines is 1. The molecule has 220 valence electrons. The minimum atomic E-state index is -4.19. The molecule has 0 saturated carbocycles. The van der Waals surface area contributed by atoms with Crippen LogP contribution in [0.3, 0.4) is 0 Å². The van der Waals surface area contributed by atoms with E-state index in [0.29, 0.717) is 23.8 Å². The zero-order valence-electron chi connectivity index (χ0n) is 24.1. The smallest absolute Gasteiger partial charge is 0.264 e. The number of hydrogen-bond donors (Lipinski definition) is 1. The van der Waals surface area contributed by atoms with Gasteiger partial charge >= 0.3 is 0 Å². The normalized spacial score (nSPS) is 12.1. The second-order valence-electron chi connectivity index (χ2n) is 9.99. The predicted octanol–water partition coefficient (Wildman–Crippen LogP) is 5.57. The van der Waals surface area contributed by atoms with Crippen LogP contribution in [-0.4, -0.2) is 50.4 Å². The third-order valence-electron chi connectivity index (χ3n) is 6.37. The minimum Gasteiger partial charge on any atom is -0.494 e. The average molecular weight is 600 g/mol. The van der Waals surface area contributed by atoms with E-state index in [0.717, 1.165) is 15.4 Å². The van der Waals surface area contributed by atoms with Gasteiger partial charge in [-0.05, 0) is 88.2 Å². The highest BCUT2D eigenvalue weighted by Gasteiger charge is 2.34. The van der Waals surface area contributed by atoms with E-state index in [1.165, 1.54) is 29.2 Å². The molecular formula is C31H38ClN3O5S. The number of ether oxygens (including phenoxy) is 1. The van der Waals surface area contributed by atoms with Crippen LogP contribution in [0.2, 0.25) is 5.02 Å². The summed E-state index contributed by atoms with van der Waals surface area (Å²) in [7, 11) is -4.19. The van der Waals surface area contributed by atoms with Gasteiger partial charge in [0.05, 0.1) is 17.2 Å². The zero-order valence-corrected chi connectivity index (χ0v) is 25.7. The van der Waals surface area contributed by atoms with E-state index < -0.39 is 28.5 Å². The lowest BCUT2D eigenvalue weighted by Crippen LogP contribution is -2.53. The van der Waals surface area contributed by atoms with E-state index in [2.05, 4.69) is 5.32 Å². The van der Waals surface area contributed by atoms with Crippen molar-refractivity contribution in [2.75, 3.05) is 17.5 Å². The topological polar surface area (TPSA) is 96.0 Å². The van der Waals surface area contributed by atoms with Crippen LogP contribution in [0.25, 0.3) is 0 Å². The van der Waals surface area contributed by atoms with Crippen molar-refractivity contribution in [1.82, 2.24) is 10.2 Å². The summed E-state index contributed by atoms with van der Waals surface area (Å²) in [6.07, 6.45) is 0.350. The van der Waals surface area contributed by atoms with Crippen LogP contribution in [0.1, 0.15) is 45.2 Å². The molecule has 0 aliphatic carbocycles. The lowest BCUT2D eigenvalue weighted by Gasteiger charge is -2.33. The summed E-state index contributed by atoms with van der Waals surface area (Å²) in [4.78, 5) is 28.8. The van der Waals surface area contributed by atoms with Crippen LogP contribution in [0, 0.1) is 6.92 Å². The third-order valence-corrected chi connectivity index (χ3v) is 8.41. The maximum atomic E-state index is 14.1. The lowest BCUT2D eigenvalue weighted by molar-refractivity contribution is -0.140. The summed E-state index contributed by atoms with van der Waals surface area (Å²) < 4.78 is 34.5. The van der Waals surface area contributed by atoms with Crippen molar-refractivity contribution < 1.29 is 22.7 Å². The van der Waals surface area contributed by atoms with Gasteiger partial charge in [0.25, 0.3) is 10.0 Å². The summed E-state index contributed by atoms with van der Waals surface area (Å²) >= 11 is 6.01. The molecule has 0 fully saturated rings. The molecule has 10 heteroatoms. The first-order valence-corrected chi connectivity index (χ1v) is 15.4. The molecule has 0 heterocycles. The molecule has 0 aliphatic heterocycles. The number of aryl methyl sites for hydroxylation is 1. The number of rotatable bonds is 13. The molecule has 3 rings (SSSR count). The molecule has 3 aromatic rings. The van der Waals surface area contributed by atoms with Crippen molar-refractivity contribution in [2.24, 2.45) is 0 Å². The van der Waals surface area contributed by atoms with Gasteiger partial charge in [-0.3, -0.25) is 13.9 Å². The van der Waals surface area contributed by atoms with Gasteiger partial charge in [0.1, 0.15) is 18.3 Å². The Morgan fingerprint density at radius 2 is 1.63 bits per heavy atom. The highest BCUT2D eigenvalue weighted by molar-refractivity contribution is 7.92. The number of nitrogens with one attached hydrogen (secondary N) is 1. The summed E-state index contributed by atoms with van der Waals surface area (Å²) in [5.74, 6) is -0.232. The fourth-order valence-electron chi connectivity index (χ4n) is 4.45. The summed E-state index contributed by atoms with van der Waals surface area (Å²) in [5.41, 5.74) is 2.13. The van der Waals surface area contributed by atoms with Crippen molar-refractivity contribution in [2.45, 2.75) is 64.6 Å². The van der Waals surface area contributed by atoms with E-state index in [1.54, 1.807) is 24.3 Å². The van der Waals surface area contributed by atoms with Gasteiger partial charge in [-0.1, -0.05) is 48.4 Å². The van der Waals surface area contributed by atoms with E-state index in [1.807, 2.05) is 58.9 Å². The fraction of sp³-hybridized carbons (Fsp3) is 0.355. The Kier molecular flexibility index (Phi) is 11.2. The van der Waals surface area contributed by atoms with Crippen molar-refractivity contribution in [3.05, 3.63) is 88.9 Å². The summed E-state index contributed by atoms with van der Waals surface area (Å²) in [6, 6.07) is 19.0. The Morgan fingerprint density at radius 3 is 2.20 bits per heavy atom. The fourth-order valence-corrected chi connectivity index (χ4v) is 5.99. The van der Waals surface area contributed by atoms with Crippen LogP contribution >= 0.6 is 11.6 Å². The first kappa shape index (κ1) is 32.0. The molecule has 0 aliphatic rings. The number of sulfonamides is 1. The summed E-state index contributed by atoms with van der Waals surface area (Å²) in [5, 5.41) is 3.29. The number of amides is 2. The number of halogens is 1. The first-order chi connectivity index (χ1) is 19.5. The molecule has 2 amide bonds. The predicted molar refractivity (Wildman–Crippen MR) is 163 cm³/mol. The molecule has 1 atom stereocenters. The van der Waals surface area contributed by atoms with Crippen LogP contribution < -0.4 is 14.4 Å². The Balaban J connectivity index is 2.07. The SMILES string of the molecule is CCOc1ccc(N(CC(=O)N(Cc2cccc(C)c2)C(CC)C(=O)NC(C)C)S(=O)(=O)c2ccc(Cl)cc2)cc1. The Morgan fingerprint density at radius 1 is 0.976 bits per heavy atom. The quantitative estimate of drug-likeness (QED) is 0.277. The van der Waals surface area contributed by atoms with Gasteiger partial charge in [0.15, 0.2) is 0 Å². The molecule has 0 aromatic heterocycles. The largest absolute Gasteiger partial charge is 0.494 e. The van der Waals surface area contributed by atoms with E-state index in [-0.39, 0.29) is 29.1 Å². The molecule has 8 nitrogen and oxygen atoms in total. The number of nitrogens with zero attached hydrogens (tertiary/aromatic N) is 2.